The van der Waals surface area contributed by atoms with Crippen LogP contribution in [0, 0.1) is 5.92 Å². The molecule has 22 heavy (non-hydrogen) atoms. The van der Waals surface area contributed by atoms with Gasteiger partial charge in [-0.1, -0.05) is 11.6 Å². The summed E-state index contributed by atoms with van der Waals surface area (Å²) in [7, 11) is 4.13. The van der Waals surface area contributed by atoms with Crippen LogP contribution in [0.3, 0.4) is 0 Å². The summed E-state index contributed by atoms with van der Waals surface area (Å²) in [5, 5.41) is 10.6. The quantitative estimate of drug-likeness (QED) is 0.864. The number of benzene rings is 1. The molecule has 120 valence electrons. The third-order valence-corrected chi connectivity index (χ3v) is 5.07. The minimum atomic E-state index is -0.196. The SMILES string of the molecule is CC1=CC2c3c(O)cc(CCN(C)C)cc3OC(C)(C)C2C1. The maximum Gasteiger partial charge on any atom is 0.127 e. The molecule has 1 aromatic rings. The standard InChI is InChI=1S/C19H27NO2/c1-12-8-14-15(9-12)19(2,3)22-17-11-13(6-7-20(4)5)10-16(21)18(14)17/h8,10-11,14-15,21H,6-7,9H2,1-5H3. The lowest BCUT2D eigenvalue weighted by Gasteiger charge is -2.42. The Morgan fingerprint density at radius 1 is 1.32 bits per heavy atom. The number of nitrogens with zero attached hydrogens (tertiary/aromatic N) is 1. The van der Waals surface area contributed by atoms with Crippen molar-refractivity contribution < 1.29 is 9.84 Å². The van der Waals surface area contributed by atoms with E-state index in [9.17, 15) is 5.11 Å². The van der Waals surface area contributed by atoms with E-state index in [-0.39, 0.29) is 11.5 Å². The van der Waals surface area contributed by atoms with Crippen molar-refractivity contribution in [2.75, 3.05) is 20.6 Å². The second-order valence-corrected chi connectivity index (χ2v) is 7.63. The molecule has 0 saturated heterocycles. The van der Waals surface area contributed by atoms with Crippen LogP contribution in [0.2, 0.25) is 0 Å². The number of ether oxygens (including phenoxy) is 1. The number of hydrogen-bond acceptors (Lipinski definition) is 3. The van der Waals surface area contributed by atoms with Gasteiger partial charge in [-0.2, -0.15) is 0 Å². The van der Waals surface area contributed by atoms with Crippen molar-refractivity contribution in [1.82, 2.24) is 4.90 Å². The molecule has 0 bridgehead atoms. The average molecular weight is 301 g/mol. The van der Waals surface area contributed by atoms with Crippen molar-refractivity contribution in [1.29, 1.82) is 0 Å². The van der Waals surface area contributed by atoms with Crippen molar-refractivity contribution in [3.05, 3.63) is 34.9 Å². The van der Waals surface area contributed by atoms with Gasteiger partial charge in [0, 0.05) is 23.9 Å². The molecule has 2 unspecified atom stereocenters. The smallest absolute Gasteiger partial charge is 0.127 e. The van der Waals surface area contributed by atoms with E-state index in [0.29, 0.717) is 11.7 Å². The van der Waals surface area contributed by atoms with Crippen LogP contribution >= 0.6 is 0 Å². The zero-order chi connectivity index (χ0) is 16.1. The van der Waals surface area contributed by atoms with Gasteiger partial charge in [-0.05, 0) is 65.4 Å². The minimum Gasteiger partial charge on any atom is -0.507 e. The fourth-order valence-electron chi connectivity index (χ4n) is 3.87. The molecule has 2 aliphatic rings. The Balaban J connectivity index is 2.00. The van der Waals surface area contributed by atoms with E-state index in [1.54, 1.807) is 0 Å². The number of allylic oxidation sites excluding steroid dienone is 2. The van der Waals surface area contributed by atoms with Crippen LogP contribution in [0.4, 0.5) is 0 Å². The van der Waals surface area contributed by atoms with Gasteiger partial charge in [0.25, 0.3) is 0 Å². The summed E-state index contributed by atoms with van der Waals surface area (Å²) in [5.41, 5.74) is 3.32. The van der Waals surface area contributed by atoms with Crippen molar-refractivity contribution in [3.8, 4) is 11.5 Å². The highest BCUT2D eigenvalue weighted by Crippen LogP contribution is 2.54. The lowest BCUT2D eigenvalue weighted by atomic mass is 9.75. The van der Waals surface area contributed by atoms with E-state index in [1.165, 1.54) is 5.57 Å². The summed E-state index contributed by atoms with van der Waals surface area (Å²) >= 11 is 0. The summed E-state index contributed by atoms with van der Waals surface area (Å²) in [6.45, 7) is 7.48. The first-order valence-corrected chi connectivity index (χ1v) is 8.15. The molecule has 0 radical (unpaired) electrons. The van der Waals surface area contributed by atoms with Crippen LogP contribution in [-0.2, 0) is 6.42 Å². The van der Waals surface area contributed by atoms with Crippen LogP contribution in [0.15, 0.2) is 23.8 Å². The summed E-state index contributed by atoms with van der Waals surface area (Å²) < 4.78 is 6.30. The first-order valence-electron chi connectivity index (χ1n) is 8.15. The second-order valence-electron chi connectivity index (χ2n) is 7.63. The minimum absolute atomic E-state index is 0.196. The number of phenols is 1. The number of aromatic hydroxyl groups is 1. The van der Waals surface area contributed by atoms with Crippen LogP contribution in [0.25, 0.3) is 0 Å². The first-order chi connectivity index (χ1) is 10.3. The third-order valence-electron chi connectivity index (χ3n) is 5.07. The second kappa shape index (κ2) is 5.31. The molecule has 0 saturated carbocycles. The lowest BCUT2D eigenvalue weighted by molar-refractivity contribution is 0.0224. The van der Waals surface area contributed by atoms with Gasteiger partial charge in [-0.3, -0.25) is 0 Å². The highest BCUT2D eigenvalue weighted by Gasteiger charge is 2.46. The number of rotatable bonds is 3. The zero-order valence-corrected chi connectivity index (χ0v) is 14.3. The molecule has 1 N–H and O–H groups in total. The normalized spacial score (nSPS) is 25.5. The molecule has 0 spiro atoms. The number of phenolic OH excluding ortho intramolecular Hbond substituents is 1. The highest BCUT2D eigenvalue weighted by atomic mass is 16.5. The van der Waals surface area contributed by atoms with E-state index >= 15 is 0 Å². The molecular formula is C19H27NO2. The zero-order valence-electron chi connectivity index (χ0n) is 14.3. The van der Waals surface area contributed by atoms with Crippen LogP contribution in [0.5, 0.6) is 11.5 Å². The van der Waals surface area contributed by atoms with Crippen molar-refractivity contribution in [3.63, 3.8) is 0 Å². The largest absolute Gasteiger partial charge is 0.507 e. The van der Waals surface area contributed by atoms with Gasteiger partial charge in [0.05, 0.1) is 0 Å². The molecule has 3 heteroatoms. The first kappa shape index (κ1) is 15.4. The Morgan fingerprint density at radius 2 is 2.05 bits per heavy atom. The van der Waals surface area contributed by atoms with Crippen molar-refractivity contribution >= 4 is 0 Å². The van der Waals surface area contributed by atoms with Gasteiger partial charge in [-0.25, -0.2) is 0 Å². The molecule has 3 nitrogen and oxygen atoms in total. The molecule has 0 fully saturated rings. The Bertz CT molecular complexity index is 616. The van der Waals surface area contributed by atoms with E-state index in [0.717, 1.165) is 36.3 Å². The number of likely N-dealkylation sites (N-methyl/N-ethyl adjacent to an activating group) is 1. The van der Waals surface area contributed by atoms with Gasteiger partial charge in [0.15, 0.2) is 0 Å². The molecule has 1 aliphatic heterocycles. The highest BCUT2D eigenvalue weighted by molar-refractivity contribution is 5.54. The fraction of sp³-hybridized carbons (Fsp3) is 0.579. The average Bonchev–Trinajstić information content (AvgIpc) is 2.78. The summed E-state index contributed by atoms with van der Waals surface area (Å²) in [5.74, 6) is 1.95. The number of fused-ring (bicyclic) bond motifs is 3. The Kier molecular flexibility index (Phi) is 3.72. The Hall–Kier alpha value is -1.48. The van der Waals surface area contributed by atoms with Crippen LogP contribution < -0.4 is 4.74 Å². The Morgan fingerprint density at radius 3 is 2.73 bits per heavy atom. The Labute approximate surface area is 133 Å². The van der Waals surface area contributed by atoms with Gasteiger partial charge < -0.3 is 14.7 Å². The summed E-state index contributed by atoms with van der Waals surface area (Å²) in [4.78, 5) is 2.15. The predicted molar refractivity (Wildman–Crippen MR) is 89.7 cm³/mol. The fourth-order valence-corrected chi connectivity index (χ4v) is 3.87. The molecule has 2 atom stereocenters. The molecule has 0 aromatic heterocycles. The maximum absolute atomic E-state index is 10.6. The molecular weight excluding hydrogens is 274 g/mol. The maximum atomic E-state index is 10.6. The van der Waals surface area contributed by atoms with E-state index in [2.05, 4.69) is 51.9 Å². The van der Waals surface area contributed by atoms with Crippen molar-refractivity contribution in [2.24, 2.45) is 5.92 Å². The molecule has 3 rings (SSSR count). The topological polar surface area (TPSA) is 32.7 Å². The molecule has 1 aromatic carbocycles. The van der Waals surface area contributed by atoms with Crippen molar-refractivity contribution in [2.45, 2.75) is 45.1 Å². The van der Waals surface area contributed by atoms with E-state index in [1.807, 2.05) is 6.07 Å². The molecule has 1 heterocycles. The molecule has 1 aliphatic carbocycles. The molecule has 0 amide bonds. The van der Waals surface area contributed by atoms with Crippen LogP contribution in [0.1, 0.15) is 44.2 Å². The van der Waals surface area contributed by atoms with Crippen LogP contribution in [-0.4, -0.2) is 36.2 Å². The van der Waals surface area contributed by atoms with Gasteiger partial charge in [0.1, 0.15) is 17.1 Å². The van der Waals surface area contributed by atoms with Gasteiger partial charge in [-0.15, -0.1) is 0 Å². The number of hydrogen-bond donors (Lipinski definition) is 1. The van der Waals surface area contributed by atoms with E-state index < -0.39 is 0 Å². The van der Waals surface area contributed by atoms with Gasteiger partial charge >= 0.3 is 0 Å². The van der Waals surface area contributed by atoms with E-state index in [4.69, 9.17) is 4.74 Å². The third kappa shape index (κ3) is 2.63. The summed E-state index contributed by atoms with van der Waals surface area (Å²) in [6.07, 6.45) is 4.28. The predicted octanol–water partition coefficient (Wildman–Crippen LogP) is 3.72. The lowest BCUT2D eigenvalue weighted by Crippen LogP contribution is -2.42. The van der Waals surface area contributed by atoms with Gasteiger partial charge in [0.2, 0.25) is 0 Å². The summed E-state index contributed by atoms with van der Waals surface area (Å²) in [6, 6.07) is 4.04. The monoisotopic (exact) mass is 301 g/mol.